The molecule has 2 aromatic carbocycles. The molecule has 11 nitrogen and oxygen atoms in total. The maximum absolute atomic E-state index is 13.8. The first-order valence-electron chi connectivity index (χ1n) is 12.8. The highest BCUT2D eigenvalue weighted by molar-refractivity contribution is 7.07. The van der Waals surface area contributed by atoms with E-state index >= 15 is 0 Å². The highest BCUT2D eigenvalue weighted by atomic mass is 35.5. The maximum atomic E-state index is 13.8. The van der Waals surface area contributed by atoms with Gasteiger partial charge in [-0.25, -0.2) is 9.79 Å². The van der Waals surface area contributed by atoms with Gasteiger partial charge in [-0.15, -0.1) is 0 Å². The van der Waals surface area contributed by atoms with E-state index in [0.717, 1.165) is 11.3 Å². The third-order valence-electron chi connectivity index (χ3n) is 6.34. The lowest BCUT2D eigenvalue weighted by Gasteiger charge is -2.23. The van der Waals surface area contributed by atoms with Crippen LogP contribution in [-0.2, 0) is 9.53 Å². The van der Waals surface area contributed by atoms with Gasteiger partial charge in [-0.1, -0.05) is 29.0 Å². The Bertz CT molecular complexity index is 1910. The van der Waals surface area contributed by atoms with Crippen LogP contribution in [0.15, 0.2) is 74.5 Å². The van der Waals surface area contributed by atoms with Gasteiger partial charge in [-0.05, 0) is 49.7 Å². The lowest BCUT2D eigenvalue weighted by molar-refractivity contribution is -0.384. The predicted molar refractivity (Wildman–Crippen MR) is 156 cm³/mol. The Morgan fingerprint density at radius 2 is 1.90 bits per heavy atom. The molecule has 2 aromatic heterocycles. The van der Waals surface area contributed by atoms with Gasteiger partial charge in [0, 0.05) is 30.0 Å². The van der Waals surface area contributed by atoms with Gasteiger partial charge in [0.2, 0.25) is 0 Å². The molecule has 3 heterocycles. The topological polar surface area (TPSA) is 135 Å². The zero-order valence-electron chi connectivity index (χ0n) is 22.7. The number of nitrogens with zero attached hydrogens (tertiary/aromatic N) is 3. The summed E-state index contributed by atoms with van der Waals surface area (Å²) in [7, 11) is 1.26. The molecule has 0 saturated heterocycles. The van der Waals surface area contributed by atoms with Crippen LogP contribution in [0, 0.1) is 10.1 Å². The molecule has 42 heavy (non-hydrogen) atoms. The molecule has 13 heteroatoms. The number of halogens is 1. The minimum absolute atomic E-state index is 0.140. The Hall–Kier alpha value is -4.68. The van der Waals surface area contributed by atoms with Gasteiger partial charge in [0.25, 0.3) is 11.2 Å². The number of nitro groups is 1. The van der Waals surface area contributed by atoms with Gasteiger partial charge in [-0.3, -0.25) is 19.5 Å². The lowest BCUT2D eigenvalue weighted by atomic mass is 9.97. The average Bonchev–Trinajstić information content (AvgIpc) is 3.57. The molecule has 0 aliphatic carbocycles. The number of furan rings is 1. The number of hydrogen-bond acceptors (Lipinski definition) is 10. The standard InChI is InChI=1S/C29H24ClN3O8S/c1-4-39-23-10-6-16(12-24(23)40-5-2)26-20(28(35)38-3)15-31-29-32(26)27(34)25(42-29)14-18-8-11-22(41-18)19-9-7-17(33(36)37)13-21(19)30/h6-15,26H,4-5H2,1-3H3/b25-14-/t26-/m1/s1. The molecule has 0 bridgehead atoms. The molecule has 1 atom stereocenters. The fourth-order valence-corrected chi connectivity index (χ4v) is 5.73. The van der Waals surface area contributed by atoms with E-state index in [1.807, 2.05) is 13.8 Å². The minimum Gasteiger partial charge on any atom is -0.490 e. The van der Waals surface area contributed by atoms with E-state index < -0.39 is 22.5 Å². The first-order valence-corrected chi connectivity index (χ1v) is 14.0. The van der Waals surface area contributed by atoms with Crippen molar-refractivity contribution in [2.45, 2.75) is 19.9 Å². The Morgan fingerprint density at radius 3 is 2.60 bits per heavy atom. The molecule has 5 rings (SSSR count). The number of non-ortho nitro benzene ring substituents is 1. The molecule has 0 radical (unpaired) electrons. The Morgan fingerprint density at radius 1 is 1.14 bits per heavy atom. The lowest BCUT2D eigenvalue weighted by Crippen LogP contribution is -2.39. The van der Waals surface area contributed by atoms with Crippen molar-refractivity contribution in [3.05, 3.63) is 106 Å². The second kappa shape index (κ2) is 12.0. The number of aromatic nitrogens is 1. The second-order valence-electron chi connectivity index (χ2n) is 8.87. The van der Waals surface area contributed by atoms with Gasteiger partial charge < -0.3 is 18.6 Å². The van der Waals surface area contributed by atoms with Gasteiger partial charge in [0.05, 0.1) is 46.4 Å². The van der Waals surface area contributed by atoms with Crippen LogP contribution in [0.5, 0.6) is 11.5 Å². The smallest absolute Gasteiger partial charge is 0.337 e. The van der Waals surface area contributed by atoms with Crippen molar-refractivity contribution in [3.63, 3.8) is 0 Å². The molecule has 1 aliphatic rings. The van der Waals surface area contributed by atoms with E-state index in [9.17, 15) is 19.7 Å². The van der Waals surface area contributed by atoms with Crippen molar-refractivity contribution in [2.75, 3.05) is 20.3 Å². The summed E-state index contributed by atoms with van der Waals surface area (Å²) in [5.41, 5.74) is 0.715. The summed E-state index contributed by atoms with van der Waals surface area (Å²) in [4.78, 5) is 41.8. The number of fused-ring (bicyclic) bond motifs is 1. The van der Waals surface area contributed by atoms with Crippen molar-refractivity contribution in [2.24, 2.45) is 4.99 Å². The number of thiazole rings is 1. The van der Waals surface area contributed by atoms with E-state index in [1.54, 1.807) is 36.4 Å². The first kappa shape index (κ1) is 28.8. The first-order chi connectivity index (χ1) is 20.2. The van der Waals surface area contributed by atoms with Crippen molar-refractivity contribution >= 4 is 40.7 Å². The largest absolute Gasteiger partial charge is 0.490 e. The number of carbonyl (C=O) groups excluding carboxylic acids is 1. The predicted octanol–water partition coefficient (Wildman–Crippen LogP) is 4.64. The van der Waals surface area contributed by atoms with Gasteiger partial charge >= 0.3 is 5.97 Å². The van der Waals surface area contributed by atoms with Crippen molar-refractivity contribution < 1.29 is 28.3 Å². The molecule has 0 N–H and O–H groups in total. The number of benzene rings is 2. The number of esters is 1. The molecule has 0 unspecified atom stereocenters. The number of nitro benzene ring substituents is 1. The van der Waals surface area contributed by atoms with Crippen LogP contribution in [0.3, 0.4) is 0 Å². The van der Waals surface area contributed by atoms with Crippen molar-refractivity contribution in [3.8, 4) is 22.8 Å². The number of methoxy groups -OCH3 is 1. The van der Waals surface area contributed by atoms with Crippen molar-refractivity contribution in [1.82, 2.24) is 4.57 Å². The second-order valence-corrected chi connectivity index (χ2v) is 10.3. The van der Waals surface area contributed by atoms with Gasteiger partial charge in [-0.2, -0.15) is 0 Å². The fraction of sp³-hybridized carbons (Fsp3) is 0.207. The zero-order valence-corrected chi connectivity index (χ0v) is 24.2. The highest BCUT2D eigenvalue weighted by Gasteiger charge is 2.31. The van der Waals surface area contributed by atoms with Crippen LogP contribution in [0.2, 0.25) is 5.02 Å². The Kier molecular flexibility index (Phi) is 8.27. The van der Waals surface area contributed by atoms with E-state index in [2.05, 4.69) is 4.99 Å². The van der Waals surface area contributed by atoms with Crippen LogP contribution in [-0.4, -0.2) is 35.8 Å². The summed E-state index contributed by atoms with van der Waals surface area (Å²) in [6.45, 7) is 4.54. The van der Waals surface area contributed by atoms with E-state index in [0.29, 0.717) is 56.7 Å². The van der Waals surface area contributed by atoms with Crippen LogP contribution < -0.4 is 24.4 Å². The average molecular weight is 610 g/mol. The number of rotatable bonds is 9. The highest BCUT2D eigenvalue weighted by Crippen LogP contribution is 2.35. The fourth-order valence-electron chi connectivity index (χ4n) is 4.51. The number of ether oxygens (including phenoxy) is 3. The van der Waals surface area contributed by atoms with E-state index in [1.165, 1.54) is 36.1 Å². The van der Waals surface area contributed by atoms with Gasteiger partial charge in [0.15, 0.2) is 16.3 Å². The van der Waals surface area contributed by atoms with Crippen LogP contribution >= 0.6 is 22.9 Å². The summed E-state index contributed by atoms with van der Waals surface area (Å²) in [5, 5.41) is 11.2. The molecule has 1 aliphatic heterocycles. The van der Waals surface area contributed by atoms with E-state index in [-0.39, 0.29) is 16.3 Å². The van der Waals surface area contributed by atoms with Crippen LogP contribution in [0.4, 0.5) is 5.69 Å². The minimum atomic E-state index is -0.836. The third kappa shape index (κ3) is 5.46. The normalized spacial score (nSPS) is 14.5. The summed E-state index contributed by atoms with van der Waals surface area (Å²) < 4.78 is 24.1. The van der Waals surface area contributed by atoms with Crippen LogP contribution in [0.1, 0.15) is 31.2 Å². The van der Waals surface area contributed by atoms with Gasteiger partial charge in [0.1, 0.15) is 11.5 Å². The molecule has 0 spiro atoms. The Balaban J connectivity index is 1.59. The molecule has 0 saturated carbocycles. The van der Waals surface area contributed by atoms with Crippen LogP contribution in [0.25, 0.3) is 17.4 Å². The molecule has 0 fully saturated rings. The molecule has 216 valence electrons. The SMILES string of the molecule is CCOc1ccc([C@@H]2C(C(=O)OC)=CN=c3s/c(=C\c4ccc(-c5ccc([N+](=O)[O-])cc5Cl)o4)c(=O)n32)cc1OCC. The zero-order chi connectivity index (χ0) is 30.0. The molecule has 4 aromatic rings. The summed E-state index contributed by atoms with van der Waals surface area (Å²) in [6, 6.07) is 11.8. The maximum Gasteiger partial charge on any atom is 0.337 e. The number of carbonyl (C=O) groups is 1. The molecular weight excluding hydrogens is 586 g/mol. The third-order valence-corrected chi connectivity index (χ3v) is 7.65. The summed E-state index contributed by atoms with van der Waals surface area (Å²) in [5.74, 6) is 1.13. The molecule has 0 amide bonds. The van der Waals surface area contributed by atoms with E-state index in [4.69, 9.17) is 30.2 Å². The monoisotopic (exact) mass is 609 g/mol. The number of hydrogen-bond donors (Lipinski definition) is 0. The molecular formula is C29H24ClN3O8S. The summed E-state index contributed by atoms with van der Waals surface area (Å²) in [6.07, 6.45) is 2.97. The summed E-state index contributed by atoms with van der Waals surface area (Å²) >= 11 is 7.39. The Labute approximate surface area is 247 Å². The van der Waals surface area contributed by atoms with Crippen molar-refractivity contribution in [1.29, 1.82) is 0 Å². The quantitative estimate of drug-likeness (QED) is 0.152.